The fraction of sp³-hybridized carbons (Fsp3) is 0.348. The SMILES string of the molecule is Cc1cccc(C)c1Cc1csc(N2CCC(S(=O)(=O)c3ccc(F)cc3)CC2)n1. The molecule has 1 aliphatic rings. The quantitative estimate of drug-likeness (QED) is 0.524. The van der Waals surface area contributed by atoms with Gasteiger partial charge in [0.2, 0.25) is 0 Å². The Hall–Kier alpha value is -2.25. The number of aryl methyl sites for hydroxylation is 2. The van der Waals surface area contributed by atoms with Crippen molar-refractivity contribution >= 4 is 26.3 Å². The van der Waals surface area contributed by atoms with Crippen molar-refractivity contribution < 1.29 is 12.8 Å². The average molecular weight is 445 g/mol. The first-order valence-electron chi connectivity index (χ1n) is 10.1. The van der Waals surface area contributed by atoms with Crippen LogP contribution >= 0.6 is 11.3 Å². The van der Waals surface area contributed by atoms with E-state index in [0.717, 1.165) is 17.2 Å². The molecule has 0 spiro atoms. The predicted molar refractivity (Wildman–Crippen MR) is 120 cm³/mol. The van der Waals surface area contributed by atoms with Gasteiger partial charge in [0.05, 0.1) is 15.8 Å². The van der Waals surface area contributed by atoms with Crippen LogP contribution in [-0.2, 0) is 16.3 Å². The van der Waals surface area contributed by atoms with Crippen LogP contribution in [0.1, 0.15) is 35.2 Å². The summed E-state index contributed by atoms with van der Waals surface area (Å²) in [5, 5.41) is 2.62. The fourth-order valence-electron chi connectivity index (χ4n) is 4.01. The third-order valence-corrected chi connectivity index (χ3v) is 9.06. The van der Waals surface area contributed by atoms with Gasteiger partial charge >= 0.3 is 0 Å². The Balaban J connectivity index is 1.42. The number of nitrogens with zero attached hydrogens (tertiary/aromatic N) is 2. The van der Waals surface area contributed by atoms with E-state index in [2.05, 4.69) is 42.3 Å². The zero-order valence-corrected chi connectivity index (χ0v) is 18.8. The van der Waals surface area contributed by atoms with Crippen molar-refractivity contribution in [3.05, 3.63) is 76.0 Å². The van der Waals surface area contributed by atoms with Gasteiger partial charge in [0, 0.05) is 24.9 Å². The molecule has 1 saturated heterocycles. The molecule has 1 aliphatic heterocycles. The Morgan fingerprint density at radius 2 is 1.70 bits per heavy atom. The van der Waals surface area contributed by atoms with E-state index in [4.69, 9.17) is 4.98 Å². The number of hydrogen-bond donors (Lipinski definition) is 0. The molecule has 0 unspecified atom stereocenters. The van der Waals surface area contributed by atoms with E-state index in [1.807, 2.05) is 0 Å². The van der Waals surface area contributed by atoms with E-state index < -0.39 is 20.9 Å². The highest BCUT2D eigenvalue weighted by atomic mass is 32.2. The highest BCUT2D eigenvalue weighted by Crippen LogP contribution is 2.30. The summed E-state index contributed by atoms with van der Waals surface area (Å²) < 4.78 is 38.9. The summed E-state index contributed by atoms with van der Waals surface area (Å²) in [7, 11) is -3.44. The molecular formula is C23H25FN2O2S2. The molecule has 2 aromatic carbocycles. The third kappa shape index (κ3) is 4.27. The zero-order chi connectivity index (χ0) is 21.3. The second-order valence-corrected chi connectivity index (χ2v) is 10.9. The predicted octanol–water partition coefficient (Wildman–Crippen LogP) is 4.93. The van der Waals surface area contributed by atoms with Crippen molar-refractivity contribution in [1.29, 1.82) is 0 Å². The summed E-state index contributed by atoms with van der Waals surface area (Å²) >= 11 is 1.62. The zero-order valence-electron chi connectivity index (χ0n) is 17.1. The van der Waals surface area contributed by atoms with E-state index >= 15 is 0 Å². The van der Waals surface area contributed by atoms with Crippen LogP contribution in [0.25, 0.3) is 0 Å². The van der Waals surface area contributed by atoms with E-state index in [0.29, 0.717) is 25.9 Å². The summed E-state index contributed by atoms with van der Waals surface area (Å²) in [6.45, 7) is 5.56. The van der Waals surface area contributed by atoms with Gasteiger partial charge in [-0.15, -0.1) is 11.3 Å². The van der Waals surface area contributed by atoms with Crippen molar-refractivity contribution in [2.24, 2.45) is 0 Å². The molecule has 0 amide bonds. The van der Waals surface area contributed by atoms with Crippen LogP contribution in [0.5, 0.6) is 0 Å². The van der Waals surface area contributed by atoms with Gasteiger partial charge in [-0.05, 0) is 67.6 Å². The van der Waals surface area contributed by atoms with Crippen LogP contribution < -0.4 is 4.90 Å². The molecule has 30 heavy (non-hydrogen) atoms. The molecule has 1 fully saturated rings. The Bertz CT molecular complexity index is 1110. The van der Waals surface area contributed by atoms with Gasteiger partial charge in [0.1, 0.15) is 5.82 Å². The third-order valence-electron chi connectivity index (χ3n) is 5.84. The molecule has 1 aromatic heterocycles. The van der Waals surface area contributed by atoms with Gasteiger partial charge in [-0.3, -0.25) is 0 Å². The van der Waals surface area contributed by atoms with Crippen LogP contribution in [0.15, 0.2) is 52.7 Å². The lowest BCUT2D eigenvalue weighted by molar-refractivity contribution is 0.529. The maximum Gasteiger partial charge on any atom is 0.185 e. The minimum absolute atomic E-state index is 0.201. The lowest BCUT2D eigenvalue weighted by Gasteiger charge is -2.31. The highest BCUT2D eigenvalue weighted by molar-refractivity contribution is 7.92. The number of aromatic nitrogens is 1. The Labute approximate surface area is 181 Å². The van der Waals surface area contributed by atoms with Gasteiger partial charge in [-0.2, -0.15) is 0 Å². The number of anilines is 1. The molecule has 158 valence electrons. The summed E-state index contributed by atoms with van der Waals surface area (Å²) in [5.41, 5.74) is 4.92. The maximum absolute atomic E-state index is 13.1. The largest absolute Gasteiger partial charge is 0.348 e. The van der Waals surface area contributed by atoms with Crippen LogP contribution in [0.4, 0.5) is 9.52 Å². The van der Waals surface area contributed by atoms with Crippen molar-refractivity contribution in [2.75, 3.05) is 18.0 Å². The molecule has 0 N–H and O–H groups in total. The summed E-state index contributed by atoms with van der Waals surface area (Å²) in [6.07, 6.45) is 1.90. The lowest BCUT2D eigenvalue weighted by Crippen LogP contribution is -2.39. The molecule has 0 atom stereocenters. The topological polar surface area (TPSA) is 50.3 Å². The van der Waals surface area contributed by atoms with Crippen molar-refractivity contribution in [3.8, 4) is 0 Å². The maximum atomic E-state index is 13.1. The highest BCUT2D eigenvalue weighted by Gasteiger charge is 2.32. The molecule has 4 rings (SSSR count). The molecule has 2 heterocycles. The van der Waals surface area contributed by atoms with Crippen LogP contribution in [0, 0.1) is 19.7 Å². The number of piperidine rings is 1. The standard InChI is InChI=1S/C23H25FN2O2S2/c1-16-4-3-5-17(2)22(16)14-19-15-29-23(25-19)26-12-10-21(11-13-26)30(27,28)20-8-6-18(24)7-9-20/h3-9,15,21H,10-14H2,1-2H3. The second kappa shape index (κ2) is 8.47. The average Bonchev–Trinajstić information content (AvgIpc) is 3.20. The van der Waals surface area contributed by atoms with Crippen molar-refractivity contribution in [2.45, 2.75) is 43.3 Å². The van der Waals surface area contributed by atoms with Crippen molar-refractivity contribution in [1.82, 2.24) is 4.98 Å². The molecule has 0 radical (unpaired) electrons. The molecule has 0 bridgehead atoms. The Morgan fingerprint density at radius 3 is 2.33 bits per heavy atom. The van der Waals surface area contributed by atoms with Gasteiger partial charge < -0.3 is 4.90 Å². The van der Waals surface area contributed by atoms with Crippen LogP contribution in [-0.4, -0.2) is 31.7 Å². The first-order chi connectivity index (χ1) is 14.3. The van der Waals surface area contributed by atoms with Gasteiger partial charge in [-0.1, -0.05) is 18.2 Å². The smallest absolute Gasteiger partial charge is 0.185 e. The molecular weight excluding hydrogens is 419 g/mol. The minimum atomic E-state index is -3.44. The number of hydrogen-bond acceptors (Lipinski definition) is 5. The van der Waals surface area contributed by atoms with Crippen LogP contribution in [0.3, 0.4) is 0 Å². The van der Waals surface area contributed by atoms with Gasteiger partial charge in [0.15, 0.2) is 15.0 Å². The van der Waals surface area contributed by atoms with Crippen LogP contribution in [0.2, 0.25) is 0 Å². The summed E-state index contributed by atoms with van der Waals surface area (Å²) in [5.74, 6) is -0.427. The molecule has 7 heteroatoms. The van der Waals surface area contributed by atoms with E-state index in [-0.39, 0.29) is 4.90 Å². The molecule has 0 saturated carbocycles. The Morgan fingerprint density at radius 1 is 1.07 bits per heavy atom. The van der Waals surface area contributed by atoms with Gasteiger partial charge in [0.25, 0.3) is 0 Å². The van der Waals surface area contributed by atoms with E-state index in [9.17, 15) is 12.8 Å². The normalized spacial score (nSPS) is 15.5. The summed E-state index contributed by atoms with van der Waals surface area (Å²) in [6, 6.07) is 11.5. The Kier molecular flexibility index (Phi) is 5.93. The van der Waals surface area contributed by atoms with Gasteiger partial charge in [-0.25, -0.2) is 17.8 Å². The minimum Gasteiger partial charge on any atom is -0.348 e. The van der Waals surface area contributed by atoms with Crippen molar-refractivity contribution in [3.63, 3.8) is 0 Å². The lowest BCUT2D eigenvalue weighted by atomic mass is 9.99. The number of sulfone groups is 1. The number of halogens is 1. The molecule has 0 aliphatic carbocycles. The molecule has 3 aromatic rings. The first-order valence-corrected chi connectivity index (χ1v) is 12.5. The number of benzene rings is 2. The first kappa shape index (κ1) is 21.0. The molecule has 4 nitrogen and oxygen atoms in total. The van der Waals surface area contributed by atoms with E-state index in [1.165, 1.54) is 41.0 Å². The second-order valence-electron chi connectivity index (χ2n) is 7.85. The number of rotatable bonds is 5. The monoisotopic (exact) mass is 444 g/mol. The summed E-state index contributed by atoms with van der Waals surface area (Å²) in [4.78, 5) is 7.20. The van der Waals surface area contributed by atoms with E-state index in [1.54, 1.807) is 11.3 Å². The number of thiazole rings is 1. The fourth-order valence-corrected chi connectivity index (χ4v) is 6.62.